The van der Waals surface area contributed by atoms with Gasteiger partial charge < -0.3 is 15.0 Å². The van der Waals surface area contributed by atoms with Gasteiger partial charge in [0.15, 0.2) is 0 Å². The zero-order valence-corrected chi connectivity index (χ0v) is 12.4. The first-order valence-corrected chi connectivity index (χ1v) is 7.56. The van der Waals surface area contributed by atoms with Crippen molar-refractivity contribution in [3.63, 3.8) is 0 Å². The Hall–Kier alpha value is -1.13. The second-order valence-corrected chi connectivity index (χ2v) is 5.30. The summed E-state index contributed by atoms with van der Waals surface area (Å²) in [5.41, 5.74) is 1.08. The second kappa shape index (κ2) is 7.60. The van der Waals surface area contributed by atoms with E-state index in [1.54, 1.807) is 0 Å². The van der Waals surface area contributed by atoms with Crippen LogP contribution in [0.15, 0.2) is 24.3 Å². The summed E-state index contributed by atoms with van der Waals surface area (Å²) in [6, 6.07) is 7.27. The van der Waals surface area contributed by atoms with Crippen LogP contribution < -0.4 is 10.2 Å². The highest BCUT2D eigenvalue weighted by Gasteiger charge is 2.26. The van der Waals surface area contributed by atoms with Crippen molar-refractivity contribution in [2.75, 3.05) is 37.7 Å². The van der Waals surface area contributed by atoms with Gasteiger partial charge in [-0.3, -0.25) is 0 Å². The molecule has 1 aliphatic heterocycles. The number of hydrogen-bond donors (Lipinski definition) is 1. The van der Waals surface area contributed by atoms with Gasteiger partial charge in [-0.25, -0.2) is 4.39 Å². The zero-order chi connectivity index (χ0) is 14.4. The molecule has 0 bridgehead atoms. The molecule has 1 saturated heterocycles. The van der Waals surface area contributed by atoms with Crippen LogP contribution in [0.3, 0.4) is 0 Å². The van der Waals surface area contributed by atoms with Crippen molar-refractivity contribution < 1.29 is 9.13 Å². The van der Waals surface area contributed by atoms with E-state index in [0.717, 1.165) is 45.0 Å². The van der Waals surface area contributed by atoms with E-state index < -0.39 is 0 Å². The fourth-order valence-corrected chi connectivity index (χ4v) is 2.86. The molecule has 1 aromatic carbocycles. The van der Waals surface area contributed by atoms with Gasteiger partial charge in [0.2, 0.25) is 0 Å². The summed E-state index contributed by atoms with van der Waals surface area (Å²) in [7, 11) is 0. The zero-order valence-electron chi connectivity index (χ0n) is 12.4. The first kappa shape index (κ1) is 15.3. The van der Waals surface area contributed by atoms with Crippen LogP contribution in [0.4, 0.5) is 10.1 Å². The first-order valence-electron chi connectivity index (χ1n) is 7.56. The molecule has 1 aliphatic rings. The van der Waals surface area contributed by atoms with Gasteiger partial charge in [-0.05, 0) is 44.2 Å². The average Bonchev–Trinajstić information content (AvgIpc) is 2.48. The molecule has 3 nitrogen and oxygen atoms in total. The molecule has 1 aromatic rings. The van der Waals surface area contributed by atoms with Gasteiger partial charge in [0.05, 0.1) is 6.61 Å². The van der Waals surface area contributed by atoms with Crippen molar-refractivity contribution in [1.29, 1.82) is 0 Å². The number of rotatable bonds is 6. The van der Waals surface area contributed by atoms with E-state index in [1.807, 2.05) is 12.1 Å². The summed E-state index contributed by atoms with van der Waals surface area (Å²) in [4.78, 5) is 2.29. The van der Waals surface area contributed by atoms with Gasteiger partial charge in [0, 0.05) is 37.3 Å². The summed E-state index contributed by atoms with van der Waals surface area (Å²) in [6.45, 7) is 8.77. The smallest absolute Gasteiger partial charge is 0.123 e. The van der Waals surface area contributed by atoms with Crippen molar-refractivity contribution in [1.82, 2.24) is 5.32 Å². The second-order valence-electron chi connectivity index (χ2n) is 5.30. The molecule has 0 spiro atoms. The van der Waals surface area contributed by atoms with Crippen molar-refractivity contribution in [2.45, 2.75) is 26.3 Å². The van der Waals surface area contributed by atoms with Crippen LogP contribution in [0.5, 0.6) is 0 Å². The Balaban J connectivity index is 2.02. The van der Waals surface area contributed by atoms with Gasteiger partial charge >= 0.3 is 0 Å². The van der Waals surface area contributed by atoms with Crippen LogP contribution in [0, 0.1) is 11.7 Å². The quantitative estimate of drug-likeness (QED) is 0.867. The number of benzene rings is 1. The lowest BCUT2D eigenvalue weighted by Crippen LogP contribution is -2.47. The molecule has 0 aromatic heterocycles. The number of hydrogen-bond acceptors (Lipinski definition) is 3. The van der Waals surface area contributed by atoms with E-state index in [9.17, 15) is 4.39 Å². The Morgan fingerprint density at radius 3 is 2.70 bits per heavy atom. The molecule has 2 atom stereocenters. The number of halogens is 1. The maximum Gasteiger partial charge on any atom is 0.123 e. The standard InChI is InChI=1S/C16H25FN2O/c1-3-18-16-9-10-20-12-13(16)11-19(4-2)15-7-5-14(17)6-8-15/h5-8,13,16,18H,3-4,9-12H2,1-2H3. The summed E-state index contributed by atoms with van der Waals surface area (Å²) < 4.78 is 18.7. The molecule has 112 valence electrons. The molecule has 4 heteroatoms. The Morgan fingerprint density at radius 1 is 1.30 bits per heavy atom. The predicted molar refractivity (Wildman–Crippen MR) is 80.7 cm³/mol. The minimum Gasteiger partial charge on any atom is -0.381 e. The third-order valence-corrected chi connectivity index (χ3v) is 3.97. The molecule has 1 N–H and O–H groups in total. The largest absolute Gasteiger partial charge is 0.381 e. The first-order chi connectivity index (χ1) is 9.74. The third kappa shape index (κ3) is 3.93. The van der Waals surface area contributed by atoms with Crippen LogP contribution in [-0.4, -0.2) is 38.9 Å². The maximum atomic E-state index is 13.0. The van der Waals surface area contributed by atoms with E-state index in [4.69, 9.17) is 4.74 Å². The highest BCUT2D eigenvalue weighted by molar-refractivity contribution is 5.46. The van der Waals surface area contributed by atoms with E-state index in [2.05, 4.69) is 24.1 Å². The Labute approximate surface area is 121 Å². The van der Waals surface area contributed by atoms with E-state index in [1.165, 1.54) is 12.1 Å². The van der Waals surface area contributed by atoms with E-state index in [0.29, 0.717) is 12.0 Å². The van der Waals surface area contributed by atoms with E-state index in [-0.39, 0.29) is 5.82 Å². The Kier molecular flexibility index (Phi) is 5.80. The Bertz CT molecular complexity index is 394. The normalized spacial score (nSPS) is 22.8. The van der Waals surface area contributed by atoms with Gasteiger partial charge in [-0.2, -0.15) is 0 Å². The van der Waals surface area contributed by atoms with Crippen molar-refractivity contribution in [3.8, 4) is 0 Å². The van der Waals surface area contributed by atoms with Gasteiger partial charge in [-0.1, -0.05) is 6.92 Å². The molecule has 0 radical (unpaired) electrons. The molecule has 1 heterocycles. The number of nitrogens with zero attached hydrogens (tertiary/aromatic N) is 1. The van der Waals surface area contributed by atoms with E-state index >= 15 is 0 Å². The number of ether oxygens (including phenoxy) is 1. The molecular weight excluding hydrogens is 255 g/mol. The molecule has 0 saturated carbocycles. The van der Waals surface area contributed by atoms with Crippen molar-refractivity contribution in [2.24, 2.45) is 5.92 Å². The average molecular weight is 280 g/mol. The molecule has 1 fully saturated rings. The molecule has 2 unspecified atom stereocenters. The molecule has 0 amide bonds. The summed E-state index contributed by atoms with van der Waals surface area (Å²) >= 11 is 0. The lowest BCUT2D eigenvalue weighted by atomic mass is 9.95. The highest BCUT2D eigenvalue weighted by Crippen LogP contribution is 2.21. The maximum absolute atomic E-state index is 13.0. The topological polar surface area (TPSA) is 24.5 Å². The molecule has 0 aliphatic carbocycles. The van der Waals surface area contributed by atoms with Crippen LogP contribution in [0.25, 0.3) is 0 Å². The van der Waals surface area contributed by atoms with Crippen LogP contribution >= 0.6 is 0 Å². The van der Waals surface area contributed by atoms with Gasteiger partial charge in [-0.15, -0.1) is 0 Å². The van der Waals surface area contributed by atoms with Crippen molar-refractivity contribution >= 4 is 5.69 Å². The summed E-state index contributed by atoms with van der Waals surface area (Å²) in [5.74, 6) is 0.296. The lowest BCUT2D eigenvalue weighted by molar-refractivity contribution is 0.0352. The highest BCUT2D eigenvalue weighted by atomic mass is 19.1. The summed E-state index contributed by atoms with van der Waals surface area (Å²) in [6.07, 6.45) is 1.07. The fraction of sp³-hybridized carbons (Fsp3) is 0.625. The van der Waals surface area contributed by atoms with Crippen molar-refractivity contribution in [3.05, 3.63) is 30.1 Å². The van der Waals surface area contributed by atoms with Gasteiger partial charge in [0.25, 0.3) is 0 Å². The van der Waals surface area contributed by atoms with Crippen LogP contribution in [-0.2, 0) is 4.74 Å². The minimum absolute atomic E-state index is 0.184. The van der Waals surface area contributed by atoms with Gasteiger partial charge in [0.1, 0.15) is 5.82 Å². The third-order valence-electron chi connectivity index (χ3n) is 3.97. The SMILES string of the molecule is CCNC1CCOCC1CN(CC)c1ccc(F)cc1. The molecular formula is C16H25FN2O. The number of anilines is 1. The van der Waals surface area contributed by atoms with Crippen LogP contribution in [0.2, 0.25) is 0 Å². The number of nitrogens with one attached hydrogen (secondary N) is 1. The minimum atomic E-state index is -0.184. The predicted octanol–water partition coefficient (Wildman–Crippen LogP) is 2.67. The van der Waals surface area contributed by atoms with Crippen LogP contribution in [0.1, 0.15) is 20.3 Å². The molecule has 2 rings (SSSR count). The Morgan fingerprint density at radius 2 is 2.05 bits per heavy atom. The molecule has 20 heavy (non-hydrogen) atoms. The summed E-state index contributed by atoms with van der Waals surface area (Å²) in [5, 5.41) is 3.56. The lowest BCUT2D eigenvalue weighted by Gasteiger charge is -2.36. The fourth-order valence-electron chi connectivity index (χ4n) is 2.86. The monoisotopic (exact) mass is 280 g/mol.